The SMILES string of the molecule is C1[N]C2CNCC1C2. The molecule has 8 heavy (non-hydrogen) atoms. The predicted octanol–water partition coefficient (Wildman–Crippen LogP) is -0.417. The molecule has 0 aromatic rings. The monoisotopic (exact) mass is 111 g/mol. The third-order valence-electron chi connectivity index (χ3n) is 2.04. The van der Waals surface area contributed by atoms with Crippen LogP contribution in [0.15, 0.2) is 0 Å². The van der Waals surface area contributed by atoms with Crippen LogP contribution in [0.5, 0.6) is 0 Å². The van der Waals surface area contributed by atoms with E-state index in [1.54, 1.807) is 0 Å². The van der Waals surface area contributed by atoms with Gasteiger partial charge in [0.15, 0.2) is 0 Å². The molecule has 2 bridgehead atoms. The summed E-state index contributed by atoms with van der Waals surface area (Å²) < 4.78 is 0. The third-order valence-corrected chi connectivity index (χ3v) is 2.04. The summed E-state index contributed by atoms with van der Waals surface area (Å²) in [6.45, 7) is 3.47. The summed E-state index contributed by atoms with van der Waals surface area (Å²) in [5.41, 5.74) is 0. The van der Waals surface area contributed by atoms with Crippen molar-refractivity contribution < 1.29 is 0 Å². The zero-order chi connectivity index (χ0) is 5.40. The first-order valence-corrected chi connectivity index (χ1v) is 3.32. The van der Waals surface area contributed by atoms with Gasteiger partial charge in [-0.1, -0.05) is 0 Å². The van der Waals surface area contributed by atoms with Crippen LogP contribution in [0.1, 0.15) is 6.42 Å². The minimum absolute atomic E-state index is 0.675. The van der Waals surface area contributed by atoms with E-state index in [-0.39, 0.29) is 0 Å². The van der Waals surface area contributed by atoms with Crippen molar-refractivity contribution in [2.75, 3.05) is 19.6 Å². The molecule has 2 atom stereocenters. The lowest BCUT2D eigenvalue weighted by molar-refractivity contribution is 0.428. The van der Waals surface area contributed by atoms with Gasteiger partial charge in [0.2, 0.25) is 0 Å². The van der Waals surface area contributed by atoms with Crippen LogP contribution < -0.4 is 10.6 Å². The molecule has 2 heteroatoms. The van der Waals surface area contributed by atoms with Crippen LogP contribution in [0, 0.1) is 5.92 Å². The summed E-state index contributed by atoms with van der Waals surface area (Å²) in [4.78, 5) is 0. The summed E-state index contributed by atoms with van der Waals surface area (Å²) in [6, 6.07) is 0.675. The summed E-state index contributed by atoms with van der Waals surface area (Å²) in [5, 5.41) is 7.79. The number of nitrogens with zero attached hydrogens (tertiary/aromatic N) is 1. The summed E-state index contributed by atoms with van der Waals surface area (Å²) >= 11 is 0. The van der Waals surface area contributed by atoms with Crippen molar-refractivity contribution in [2.45, 2.75) is 12.5 Å². The fourth-order valence-corrected chi connectivity index (χ4v) is 1.58. The summed E-state index contributed by atoms with van der Waals surface area (Å²) in [6.07, 6.45) is 1.35. The molecule has 0 amide bonds. The lowest BCUT2D eigenvalue weighted by Crippen LogP contribution is -2.35. The Kier molecular flexibility index (Phi) is 1.02. The van der Waals surface area contributed by atoms with Crippen LogP contribution in [0.25, 0.3) is 0 Å². The molecule has 2 heterocycles. The van der Waals surface area contributed by atoms with Gasteiger partial charge in [-0.25, -0.2) is 5.32 Å². The van der Waals surface area contributed by atoms with E-state index in [9.17, 15) is 0 Å². The third kappa shape index (κ3) is 0.644. The maximum atomic E-state index is 4.44. The molecular weight excluding hydrogens is 100 g/mol. The van der Waals surface area contributed by atoms with Crippen LogP contribution >= 0.6 is 0 Å². The van der Waals surface area contributed by atoms with Crippen molar-refractivity contribution in [3.63, 3.8) is 0 Å². The van der Waals surface area contributed by atoms with Crippen molar-refractivity contribution in [3.8, 4) is 0 Å². The standard InChI is InChI=1S/C6H11N2/c1-5-2-7-4-6(1)8-3-5/h5-7H,1-4H2. The fraction of sp³-hybridized carbons (Fsp3) is 1.00. The number of nitrogens with one attached hydrogen (secondary N) is 1. The van der Waals surface area contributed by atoms with Gasteiger partial charge in [0.05, 0.1) is 0 Å². The molecule has 0 spiro atoms. The Morgan fingerprint density at radius 2 is 2.38 bits per heavy atom. The molecule has 1 radical (unpaired) electrons. The lowest BCUT2D eigenvalue weighted by atomic mass is 10.0. The van der Waals surface area contributed by atoms with Gasteiger partial charge in [-0.2, -0.15) is 0 Å². The van der Waals surface area contributed by atoms with E-state index in [0.29, 0.717) is 6.04 Å². The minimum atomic E-state index is 0.675. The van der Waals surface area contributed by atoms with Gasteiger partial charge < -0.3 is 5.32 Å². The van der Waals surface area contributed by atoms with Crippen LogP contribution in [0.2, 0.25) is 0 Å². The smallest absolute Gasteiger partial charge is 0.0374 e. The maximum absolute atomic E-state index is 4.44. The minimum Gasteiger partial charge on any atom is -0.315 e. The molecule has 2 rings (SSSR count). The number of hydrogen-bond donors (Lipinski definition) is 1. The van der Waals surface area contributed by atoms with E-state index in [1.165, 1.54) is 13.0 Å². The number of rotatable bonds is 0. The fourth-order valence-electron chi connectivity index (χ4n) is 1.58. The highest BCUT2D eigenvalue weighted by Crippen LogP contribution is 2.17. The molecule has 2 saturated heterocycles. The molecule has 2 unspecified atom stereocenters. The molecule has 0 saturated carbocycles. The zero-order valence-electron chi connectivity index (χ0n) is 4.93. The Hall–Kier alpha value is -0.0800. The van der Waals surface area contributed by atoms with Gasteiger partial charge >= 0.3 is 0 Å². The normalized spacial score (nSPS) is 45.0. The van der Waals surface area contributed by atoms with E-state index in [1.807, 2.05) is 0 Å². The van der Waals surface area contributed by atoms with Gasteiger partial charge in [0.1, 0.15) is 0 Å². The lowest BCUT2D eigenvalue weighted by Gasteiger charge is -2.17. The molecule has 1 N–H and O–H groups in total. The number of hydrogen-bond acceptors (Lipinski definition) is 1. The van der Waals surface area contributed by atoms with Gasteiger partial charge in [-0.05, 0) is 18.9 Å². The Balaban J connectivity index is 2.03. The molecule has 2 aliphatic rings. The first-order valence-electron chi connectivity index (χ1n) is 3.32. The maximum Gasteiger partial charge on any atom is 0.0374 e. The molecule has 0 aromatic heterocycles. The van der Waals surface area contributed by atoms with E-state index in [2.05, 4.69) is 10.6 Å². The second kappa shape index (κ2) is 1.71. The van der Waals surface area contributed by atoms with Crippen molar-refractivity contribution in [1.29, 1.82) is 0 Å². The van der Waals surface area contributed by atoms with Crippen molar-refractivity contribution in [1.82, 2.24) is 10.6 Å². The second-order valence-corrected chi connectivity index (χ2v) is 2.78. The first kappa shape index (κ1) is 4.77. The molecule has 2 fully saturated rings. The Morgan fingerprint density at radius 3 is 3.12 bits per heavy atom. The Bertz CT molecular complexity index is 78.5. The topological polar surface area (TPSA) is 26.1 Å². The number of piperidine rings is 1. The number of fused-ring (bicyclic) bond motifs is 2. The molecule has 0 aromatic carbocycles. The van der Waals surface area contributed by atoms with E-state index >= 15 is 0 Å². The quantitative estimate of drug-likeness (QED) is 0.451. The second-order valence-electron chi connectivity index (χ2n) is 2.78. The molecular formula is C6H11N2. The highest BCUT2D eigenvalue weighted by Gasteiger charge is 2.28. The zero-order valence-corrected chi connectivity index (χ0v) is 4.93. The van der Waals surface area contributed by atoms with E-state index < -0.39 is 0 Å². The van der Waals surface area contributed by atoms with E-state index in [4.69, 9.17) is 0 Å². The molecule has 45 valence electrons. The Morgan fingerprint density at radius 1 is 1.38 bits per heavy atom. The van der Waals surface area contributed by atoms with Crippen molar-refractivity contribution in [3.05, 3.63) is 0 Å². The van der Waals surface area contributed by atoms with Gasteiger partial charge in [0, 0.05) is 19.1 Å². The highest BCUT2D eigenvalue weighted by molar-refractivity contribution is 4.88. The predicted molar refractivity (Wildman–Crippen MR) is 31.8 cm³/mol. The molecule has 0 aliphatic carbocycles. The first-order chi connectivity index (χ1) is 3.95. The molecule has 2 nitrogen and oxygen atoms in total. The van der Waals surface area contributed by atoms with Crippen LogP contribution in [0.3, 0.4) is 0 Å². The average molecular weight is 111 g/mol. The Labute approximate surface area is 49.7 Å². The van der Waals surface area contributed by atoms with Crippen LogP contribution in [0.4, 0.5) is 0 Å². The summed E-state index contributed by atoms with van der Waals surface area (Å²) in [5.74, 6) is 0.883. The van der Waals surface area contributed by atoms with Gasteiger partial charge in [0.25, 0.3) is 0 Å². The van der Waals surface area contributed by atoms with Gasteiger partial charge in [-0.15, -0.1) is 0 Å². The summed E-state index contributed by atoms with van der Waals surface area (Å²) in [7, 11) is 0. The van der Waals surface area contributed by atoms with Gasteiger partial charge in [-0.3, -0.25) is 0 Å². The molecule has 2 aliphatic heterocycles. The van der Waals surface area contributed by atoms with Crippen molar-refractivity contribution >= 4 is 0 Å². The van der Waals surface area contributed by atoms with Crippen LogP contribution in [-0.2, 0) is 0 Å². The van der Waals surface area contributed by atoms with Crippen LogP contribution in [-0.4, -0.2) is 25.7 Å². The van der Waals surface area contributed by atoms with Crippen molar-refractivity contribution in [2.24, 2.45) is 5.92 Å². The highest BCUT2D eigenvalue weighted by atomic mass is 15.1. The van der Waals surface area contributed by atoms with E-state index in [0.717, 1.165) is 19.0 Å². The average Bonchev–Trinajstić information content (AvgIpc) is 2.12. The largest absolute Gasteiger partial charge is 0.315 e.